The average Bonchev–Trinajstić information content (AvgIpc) is 2.59. The number of aromatic nitrogens is 1. The highest BCUT2D eigenvalue weighted by Gasteiger charge is 2.21. The van der Waals surface area contributed by atoms with Crippen LogP contribution in [-0.4, -0.2) is 34.7 Å². The molecule has 2 aromatic rings. The van der Waals surface area contributed by atoms with Gasteiger partial charge in [-0.25, -0.2) is 4.98 Å². The highest BCUT2D eigenvalue weighted by atomic mass is 32.2. The molecule has 0 spiro atoms. The number of hydrogen-bond donors (Lipinski definition) is 3. The lowest BCUT2D eigenvalue weighted by Gasteiger charge is -2.14. The van der Waals surface area contributed by atoms with Gasteiger partial charge in [0.05, 0.1) is 19.3 Å². The van der Waals surface area contributed by atoms with E-state index in [1.807, 2.05) is 6.07 Å². The number of methoxy groups -OCH3 is 1. The molecule has 0 saturated carbocycles. The van der Waals surface area contributed by atoms with Crippen molar-refractivity contribution in [3.63, 3.8) is 0 Å². The summed E-state index contributed by atoms with van der Waals surface area (Å²) < 4.78 is 5.08. The molecule has 4 N–H and O–H groups in total. The number of aromatic hydroxyl groups is 1. The predicted octanol–water partition coefficient (Wildman–Crippen LogP) is 1.87. The van der Waals surface area contributed by atoms with E-state index in [2.05, 4.69) is 11.1 Å². The van der Waals surface area contributed by atoms with Gasteiger partial charge in [-0.2, -0.15) is 10.5 Å². The Morgan fingerprint density at radius 3 is 2.58 bits per heavy atom. The van der Waals surface area contributed by atoms with Crippen molar-refractivity contribution in [2.45, 2.75) is 5.03 Å². The predicted molar refractivity (Wildman–Crippen MR) is 89.5 cm³/mol. The number of anilines is 1. The zero-order valence-corrected chi connectivity index (χ0v) is 13.6. The first-order valence-corrected chi connectivity index (χ1v) is 7.80. The third-order valence-corrected chi connectivity index (χ3v) is 4.17. The van der Waals surface area contributed by atoms with Crippen LogP contribution in [-0.2, 0) is 0 Å². The zero-order valence-electron chi connectivity index (χ0n) is 12.8. The van der Waals surface area contributed by atoms with Crippen molar-refractivity contribution in [3.8, 4) is 34.8 Å². The molecule has 24 heavy (non-hydrogen) atoms. The van der Waals surface area contributed by atoms with Gasteiger partial charge in [0.1, 0.15) is 28.5 Å². The van der Waals surface area contributed by atoms with Crippen LogP contribution in [0.2, 0.25) is 0 Å². The summed E-state index contributed by atoms with van der Waals surface area (Å²) in [4.78, 5) is 4.10. The molecule has 0 aliphatic carbocycles. The summed E-state index contributed by atoms with van der Waals surface area (Å²) in [5.74, 6) is 0.486. The first kappa shape index (κ1) is 17.4. The lowest BCUT2D eigenvalue weighted by Crippen LogP contribution is -2.04. The van der Waals surface area contributed by atoms with Gasteiger partial charge < -0.3 is 20.7 Å². The van der Waals surface area contributed by atoms with Crippen molar-refractivity contribution in [2.75, 3.05) is 25.2 Å². The Morgan fingerprint density at radius 2 is 2.00 bits per heavy atom. The molecule has 7 nitrogen and oxygen atoms in total. The Bertz CT molecular complexity index is 856. The molecule has 122 valence electrons. The van der Waals surface area contributed by atoms with Gasteiger partial charge >= 0.3 is 0 Å². The maximum Gasteiger partial charge on any atom is 0.161 e. The zero-order chi connectivity index (χ0) is 17.7. The van der Waals surface area contributed by atoms with Crippen LogP contribution in [0.25, 0.3) is 11.1 Å². The number of rotatable bonds is 5. The van der Waals surface area contributed by atoms with E-state index in [-0.39, 0.29) is 35.1 Å². The van der Waals surface area contributed by atoms with Gasteiger partial charge in [0.25, 0.3) is 0 Å². The molecular weight excluding hydrogens is 328 g/mol. The normalized spacial score (nSPS) is 10.0. The number of thioether (sulfide) groups is 1. The maximum absolute atomic E-state index is 9.74. The highest BCUT2D eigenvalue weighted by molar-refractivity contribution is 7.99. The lowest BCUT2D eigenvalue weighted by molar-refractivity contribution is 0.322. The number of aliphatic hydroxyl groups excluding tert-OH is 1. The summed E-state index contributed by atoms with van der Waals surface area (Å²) >= 11 is 1.17. The Labute approximate surface area is 142 Å². The molecule has 1 aromatic heterocycles. The van der Waals surface area contributed by atoms with Gasteiger partial charge in [-0.3, -0.25) is 0 Å². The number of nitrogen functional groups attached to an aromatic ring is 1. The van der Waals surface area contributed by atoms with E-state index in [9.17, 15) is 15.6 Å². The van der Waals surface area contributed by atoms with Gasteiger partial charge in [-0.1, -0.05) is 6.07 Å². The molecule has 1 heterocycles. The SMILES string of the molecule is COc1cc(-c2c(C#N)c(N)nc(SCCO)c2C#N)ccc1O. The minimum Gasteiger partial charge on any atom is -0.504 e. The van der Waals surface area contributed by atoms with Gasteiger partial charge in [0.2, 0.25) is 0 Å². The van der Waals surface area contributed by atoms with E-state index in [4.69, 9.17) is 15.6 Å². The van der Waals surface area contributed by atoms with Crippen LogP contribution in [0, 0.1) is 22.7 Å². The fourth-order valence-corrected chi connectivity index (χ4v) is 2.91. The topological polar surface area (TPSA) is 136 Å². The Balaban J connectivity index is 2.78. The van der Waals surface area contributed by atoms with Crippen molar-refractivity contribution in [1.29, 1.82) is 10.5 Å². The van der Waals surface area contributed by atoms with E-state index < -0.39 is 0 Å². The van der Waals surface area contributed by atoms with Crippen molar-refractivity contribution in [1.82, 2.24) is 4.98 Å². The Hall–Kier alpha value is -2.94. The molecule has 0 fully saturated rings. The van der Waals surface area contributed by atoms with Gasteiger partial charge in [-0.15, -0.1) is 11.8 Å². The Morgan fingerprint density at radius 1 is 1.29 bits per heavy atom. The second kappa shape index (κ2) is 7.55. The molecular formula is C16H14N4O3S. The number of benzene rings is 1. The third-order valence-electron chi connectivity index (χ3n) is 3.21. The molecule has 0 atom stereocenters. The molecule has 1 aromatic carbocycles. The largest absolute Gasteiger partial charge is 0.504 e. The van der Waals surface area contributed by atoms with E-state index in [0.29, 0.717) is 21.9 Å². The summed E-state index contributed by atoms with van der Waals surface area (Å²) in [7, 11) is 1.40. The fraction of sp³-hybridized carbons (Fsp3) is 0.188. The quantitative estimate of drug-likeness (QED) is 0.701. The summed E-state index contributed by atoms with van der Waals surface area (Å²) in [6, 6.07) is 8.52. The van der Waals surface area contributed by atoms with E-state index in [1.165, 1.54) is 31.0 Å². The molecule has 0 amide bonds. The lowest BCUT2D eigenvalue weighted by atomic mass is 9.96. The number of ether oxygens (including phenoxy) is 1. The van der Waals surface area contributed by atoms with Gasteiger partial charge in [0, 0.05) is 11.3 Å². The third kappa shape index (κ3) is 3.20. The van der Waals surface area contributed by atoms with E-state index in [0.717, 1.165) is 0 Å². The first-order valence-electron chi connectivity index (χ1n) is 6.82. The summed E-state index contributed by atoms with van der Waals surface area (Å²) in [5.41, 5.74) is 6.95. The first-order chi connectivity index (χ1) is 11.6. The number of nitrogens with two attached hydrogens (primary N) is 1. The van der Waals surface area contributed by atoms with E-state index in [1.54, 1.807) is 6.07 Å². The average molecular weight is 342 g/mol. The van der Waals surface area contributed by atoms with Gasteiger partial charge in [-0.05, 0) is 17.7 Å². The number of nitrogens with zero attached hydrogens (tertiary/aromatic N) is 3. The van der Waals surface area contributed by atoms with Crippen molar-refractivity contribution in [3.05, 3.63) is 29.3 Å². The van der Waals surface area contributed by atoms with Crippen molar-refractivity contribution in [2.24, 2.45) is 0 Å². The van der Waals surface area contributed by atoms with Crippen LogP contribution in [0.15, 0.2) is 23.2 Å². The number of nitriles is 2. The van der Waals surface area contributed by atoms with Crippen molar-refractivity contribution < 1.29 is 14.9 Å². The molecule has 8 heteroatoms. The Kier molecular flexibility index (Phi) is 5.48. The van der Waals surface area contributed by atoms with Gasteiger partial charge in [0.15, 0.2) is 11.5 Å². The number of phenolic OH excluding ortho intramolecular Hbond substituents is 1. The van der Waals surface area contributed by atoms with Crippen LogP contribution < -0.4 is 10.5 Å². The number of aliphatic hydroxyl groups is 1. The fourth-order valence-electron chi connectivity index (χ4n) is 2.17. The second-order valence-electron chi connectivity index (χ2n) is 4.61. The molecule has 0 aliphatic heterocycles. The van der Waals surface area contributed by atoms with Crippen LogP contribution in [0.1, 0.15) is 11.1 Å². The smallest absolute Gasteiger partial charge is 0.161 e. The van der Waals surface area contributed by atoms with E-state index >= 15 is 0 Å². The number of phenols is 1. The van der Waals surface area contributed by atoms with Crippen LogP contribution >= 0.6 is 11.8 Å². The molecule has 2 rings (SSSR count). The standard InChI is InChI=1S/C16H14N4O3S/c1-23-13-6-9(2-3-12(13)22)14-10(7-17)15(19)20-16(11(14)8-18)24-5-4-21/h2-3,6,21-22H,4-5H2,1H3,(H2,19,20). The van der Waals surface area contributed by atoms with Crippen LogP contribution in [0.5, 0.6) is 11.5 Å². The summed E-state index contributed by atoms with van der Waals surface area (Å²) in [6.07, 6.45) is 0. The molecule has 0 saturated heterocycles. The number of pyridine rings is 1. The van der Waals surface area contributed by atoms with Crippen LogP contribution in [0.3, 0.4) is 0 Å². The monoisotopic (exact) mass is 342 g/mol. The van der Waals surface area contributed by atoms with Crippen LogP contribution in [0.4, 0.5) is 5.82 Å². The van der Waals surface area contributed by atoms with Crippen molar-refractivity contribution >= 4 is 17.6 Å². The molecule has 0 unspecified atom stereocenters. The maximum atomic E-state index is 9.74. The molecule has 0 radical (unpaired) electrons. The summed E-state index contributed by atoms with van der Waals surface area (Å²) in [5, 5.41) is 38.0. The number of hydrogen-bond acceptors (Lipinski definition) is 8. The summed E-state index contributed by atoms with van der Waals surface area (Å²) in [6.45, 7) is -0.0838. The minimum absolute atomic E-state index is 0.000943. The molecule has 0 bridgehead atoms. The second-order valence-corrected chi connectivity index (χ2v) is 5.69. The highest BCUT2D eigenvalue weighted by Crippen LogP contribution is 2.38. The molecule has 0 aliphatic rings. The minimum atomic E-state index is -0.0838.